The second kappa shape index (κ2) is 9.11. The molecule has 1 atom stereocenters. The zero-order chi connectivity index (χ0) is 22.9. The first-order valence-electron chi connectivity index (χ1n) is 10.9. The van der Waals surface area contributed by atoms with E-state index in [9.17, 15) is 9.18 Å². The number of nitrogens with one attached hydrogen (secondary N) is 1. The largest absolute Gasteiger partial charge is 0.352 e. The zero-order valence-electron chi connectivity index (χ0n) is 18.1. The lowest BCUT2D eigenvalue weighted by atomic mass is 9.97. The van der Waals surface area contributed by atoms with Crippen LogP contribution in [0.5, 0.6) is 0 Å². The molecule has 1 fully saturated rings. The first-order valence-corrected chi connectivity index (χ1v) is 12.1. The van der Waals surface area contributed by atoms with Gasteiger partial charge >= 0.3 is 0 Å². The van der Waals surface area contributed by atoms with Crippen LogP contribution in [0.25, 0.3) is 16.0 Å². The molecule has 0 aliphatic carbocycles. The topological polar surface area (TPSA) is 63.1 Å². The average Bonchev–Trinajstić information content (AvgIpc) is 3.39. The third-order valence-corrected chi connectivity index (χ3v) is 7.32. The molecule has 0 saturated carbocycles. The van der Waals surface area contributed by atoms with Crippen molar-refractivity contribution >= 4 is 44.3 Å². The predicted molar refractivity (Wildman–Crippen MR) is 130 cm³/mol. The molecule has 6 nitrogen and oxygen atoms in total. The minimum atomic E-state index is -0.280. The number of thiazole rings is 1. The van der Waals surface area contributed by atoms with Gasteiger partial charge in [-0.15, -0.1) is 0 Å². The van der Waals surface area contributed by atoms with Crippen LogP contribution in [-0.2, 0) is 11.3 Å². The van der Waals surface area contributed by atoms with Crippen LogP contribution in [0, 0.1) is 18.7 Å². The summed E-state index contributed by atoms with van der Waals surface area (Å²) in [6, 6.07) is 13.7. The number of fused-ring (bicyclic) bond motifs is 1. The zero-order valence-corrected chi connectivity index (χ0v) is 19.7. The molecule has 4 aromatic rings. The van der Waals surface area contributed by atoms with Crippen molar-refractivity contribution in [3.05, 3.63) is 70.6 Å². The molecule has 3 heterocycles. The van der Waals surface area contributed by atoms with Crippen LogP contribution in [0.3, 0.4) is 0 Å². The van der Waals surface area contributed by atoms with E-state index < -0.39 is 0 Å². The molecule has 1 aliphatic heterocycles. The highest BCUT2D eigenvalue weighted by atomic mass is 35.5. The Balaban J connectivity index is 1.32. The number of carbonyl (C=O) groups is 1. The third kappa shape index (κ3) is 4.58. The Hall–Kier alpha value is -2.97. The summed E-state index contributed by atoms with van der Waals surface area (Å²) in [5.74, 6) is -0.374. The second-order valence-corrected chi connectivity index (χ2v) is 9.67. The van der Waals surface area contributed by atoms with E-state index in [0.717, 1.165) is 51.8 Å². The van der Waals surface area contributed by atoms with Crippen LogP contribution in [0.15, 0.2) is 48.5 Å². The van der Waals surface area contributed by atoms with Gasteiger partial charge in [0.1, 0.15) is 5.82 Å². The highest BCUT2D eigenvalue weighted by molar-refractivity contribution is 7.22. The van der Waals surface area contributed by atoms with Gasteiger partial charge in [-0.3, -0.25) is 4.79 Å². The van der Waals surface area contributed by atoms with Gasteiger partial charge in [0.2, 0.25) is 5.91 Å². The number of hydrogen-bond acceptors (Lipinski definition) is 5. The average molecular weight is 484 g/mol. The van der Waals surface area contributed by atoms with Gasteiger partial charge in [0, 0.05) is 24.7 Å². The number of aryl methyl sites for hydroxylation is 1. The summed E-state index contributed by atoms with van der Waals surface area (Å²) >= 11 is 7.78. The Labute approximate surface area is 200 Å². The number of aromatic nitrogens is 3. The molecule has 9 heteroatoms. The molecule has 170 valence electrons. The first-order chi connectivity index (χ1) is 16.0. The first kappa shape index (κ1) is 21.9. The van der Waals surface area contributed by atoms with E-state index in [1.54, 1.807) is 23.5 Å². The number of nitrogens with zero attached hydrogens (tertiary/aromatic N) is 4. The van der Waals surface area contributed by atoms with Gasteiger partial charge in [0.05, 0.1) is 22.0 Å². The summed E-state index contributed by atoms with van der Waals surface area (Å²) in [5, 5.41) is 9.19. The van der Waals surface area contributed by atoms with Crippen molar-refractivity contribution in [2.45, 2.75) is 26.3 Å². The monoisotopic (exact) mass is 483 g/mol. The summed E-state index contributed by atoms with van der Waals surface area (Å²) < 4.78 is 16.0. The predicted octanol–water partition coefficient (Wildman–Crippen LogP) is 5.12. The fourth-order valence-corrected chi connectivity index (χ4v) is 5.35. The Bertz CT molecular complexity index is 1300. The van der Waals surface area contributed by atoms with Gasteiger partial charge in [-0.2, -0.15) is 10.1 Å². The summed E-state index contributed by atoms with van der Waals surface area (Å²) in [7, 11) is 0. The molecule has 0 spiro atoms. The smallest absolute Gasteiger partial charge is 0.225 e. The quantitative estimate of drug-likeness (QED) is 0.428. The molecule has 5 rings (SSSR count). The molecule has 0 bridgehead atoms. The van der Waals surface area contributed by atoms with Crippen molar-refractivity contribution in [2.75, 3.05) is 18.0 Å². The normalized spacial score (nSPS) is 16.3. The van der Waals surface area contributed by atoms with E-state index in [1.807, 2.05) is 35.9 Å². The molecular formula is C24H23ClFN5OS. The van der Waals surface area contributed by atoms with E-state index >= 15 is 0 Å². The SMILES string of the molecule is Cc1nn(-c2cccc(Cl)c2)c2nc(N3CCCC(C(=O)NCc4ccc(F)cc4)C3)sc12. The van der Waals surface area contributed by atoms with Gasteiger partial charge in [-0.1, -0.05) is 41.1 Å². The van der Waals surface area contributed by atoms with Gasteiger partial charge in [-0.25, -0.2) is 9.07 Å². The van der Waals surface area contributed by atoms with E-state index in [0.29, 0.717) is 18.1 Å². The molecule has 33 heavy (non-hydrogen) atoms. The molecule has 1 N–H and O–H groups in total. The molecular weight excluding hydrogens is 461 g/mol. The number of piperidine rings is 1. The summed E-state index contributed by atoms with van der Waals surface area (Å²) in [5.41, 5.74) is 3.47. The molecule has 2 aromatic carbocycles. The van der Waals surface area contributed by atoms with Gasteiger partial charge in [0.25, 0.3) is 0 Å². The van der Waals surface area contributed by atoms with Crippen molar-refractivity contribution in [1.29, 1.82) is 0 Å². The lowest BCUT2D eigenvalue weighted by molar-refractivity contribution is -0.125. The highest BCUT2D eigenvalue weighted by Crippen LogP contribution is 2.34. The standard InChI is InChI=1S/C24H23ClFN5OS/c1-15-21-22(31(29-15)20-6-2-5-18(25)12-20)28-24(33-21)30-11-3-4-17(14-30)23(32)27-13-16-7-9-19(26)10-8-16/h2,5-10,12,17H,3-4,11,13-14H2,1H3,(H,27,32). The maximum atomic E-state index is 13.1. The summed E-state index contributed by atoms with van der Waals surface area (Å²) in [6.45, 7) is 3.86. The highest BCUT2D eigenvalue weighted by Gasteiger charge is 2.28. The van der Waals surface area contributed by atoms with E-state index in [2.05, 4.69) is 15.3 Å². The van der Waals surface area contributed by atoms with Crippen molar-refractivity contribution < 1.29 is 9.18 Å². The number of amides is 1. The molecule has 1 amide bonds. The molecule has 1 unspecified atom stereocenters. The fourth-order valence-electron chi connectivity index (χ4n) is 4.15. The van der Waals surface area contributed by atoms with Crippen LogP contribution < -0.4 is 10.2 Å². The van der Waals surface area contributed by atoms with E-state index in [4.69, 9.17) is 16.6 Å². The fraction of sp³-hybridized carbons (Fsp3) is 0.292. The van der Waals surface area contributed by atoms with Crippen LogP contribution in [0.2, 0.25) is 5.02 Å². The molecule has 0 radical (unpaired) electrons. The molecule has 2 aromatic heterocycles. The minimum Gasteiger partial charge on any atom is -0.352 e. The van der Waals surface area contributed by atoms with Crippen LogP contribution in [-0.4, -0.2) is 33.8 Å². The van der Waals surface area contributed by atoms with Gasteiger partial charge in [-0.05, 0) is 55.7 Å². The van der Waals surface area contributed by atoms with Crippen LogP contribution >= 0.6 is 22.9 Å². The van der Waals surface area contributed by atoms with Gasteiger partial charge in [0.15, 0.2) is 10.8 Å². The number of halogens is 2. The number of hydrogen-bond donors (Lipinski definition) is 1. The number of rotatable bonds is 5. The minimum absolute atomic E-state index is 0.0198. The van der Waals surface area contributed by atoms with Crippen LogP contribution in [0.1, 0.15) is 24.1 Å². The summed E-state index contributed by atoms with van der Waals surface area (Å²) in [4.78, 5) is 19.9. The summed E-state index contributed by atoms with van der Waals surface area (Å²) in [6.07, 6.45) is 1.76. The number of carbonyl (C=O) groups excluding carboxylic acids is 1. The Morgan fingerprint density at radius 2 is 2.09 bits per heavy atom. The Morgan fingerprint density at radius 1 is 1.27 bits per heavy atom. The van der Waals surface area contributed by atoms with Gasteiger partial charge < -0.3 is 10.2 Å². The van der Waals surface area contributed by atoms with Crippen LogP contribution in [0.4, 0.5) is 9.52 Å². The molecule has 1 saturated heterocycles. The lowest BCUT2D eigenvalue weighted by Gasteiger charge is -2.31. The van der Waals surface area contributed by atoms with Crippen molar-refractivity contribution in [1.82, 2.24) is 20.1 Å². The molecule has 1 aliphatic rings. The van der Waals surface area contributed by atoms with E-state index in [1.165, 1.54) is 12.1 Å². The Kier molecular flexibility index (Phi) is 6.03. The van der Waals surface area contributed by atoms with Crippen molar-refractivity contribution in [2.24, 2.45) is 5.92 Å². The third-order valence-electron chi connectivity index (χ3n) is 5.87. The Morgan fingerprint density at radius 3 is 2.88 bits per heavy atom. The second-order valence-electron chi connectivity index (χ2n) is 8.26. The van der Waals surface area contributed by atoms with Crippen molar-refractivity contribution in [3.8, 4) is 5.69 Å². The lowest BCUT2D eigenvalue weighted by Crippen LogP contribution is -2.43. The maximum absolute atomic E-state index is 13.1. The van der Waals surface area contributed by atoms with E-state index in [-0.39, 0.29) is 17.6 Å². The number of anilines is 1. The maximum Gasteiger partial charge on any atom is 0.225 e. The van der Waals surface area contributed by atoms with Crippen molar-refractivity contribution in [3.63, 3.8) is 0 Å². The number of benzene rings is 2.